The molecule has 3 aliphatic heterocycles. The number of dihydropyridines is 1. The average molecular weight is 268 g/mol. The predicted octanol–water partition coefficient (Wildman–Crippen LogP) is 0.0872. The van der Waals surface area contributed by atoms with Crippen LogP contribution in [0, 0.1) is 0 Å². The Morgan fingerprint density at radius 1 is 1.33 bits per heavy atom. The van der Waals surface area contributed by atoms with Gasteiger partial charge in [-0.25, -0.2) is 0 Å². The van der Waals surface area contributed by atoms with Gasteiger partial charge in [-0.2, -0.15) is 0 Å². The van der Waals surface area contributed by atoms with Crippen molar-refractivity contribution in [1.82, 2.24) is 15.5 Å². The van der Waals surface area contributed by atoms with Crippen LogP contribution in [0.2, 0.25) is 0 Å². The highest BCUT2D eigenvalue weighted by atomic mass is 35.5. The number of nitrogens with one attached hydrogen (secondary N) is 2. The molecule has 18 heavy (non-hydrogen) atoms. The molecule has 3 rings (SSSR count). The minimum Gasteiger partial charge on any atom is -0.383 e. The molecule has 0 spiro atoms. The molecule has 96 valence electrons. The van der Waals surface area contributed by atoms with Gasteiger partial charge < -0.3 is 15.5 Å². The van der Waals surface area contributed by atoms with Gasteiger partial charge in [0.05, 0.1) is 19.0 Å². The van der Waals surface area contributed by atoms with Crippen molar-refractivity contribution < 1.29 is 9.59 Å². The van der Waals surface area contributed by atoms with Crippen LogP contribution in [0.3, 0.4) is 0 Å². The highest BCUT2D eigenvalue weighted by Crippen LogP contribution is 2.33. The summed E-state index contributed by atoms with van der Waals surface area (Å²) in [6.45, 7) is 1.38. The quantitative estimate of drug-likeness (QED) is 0.654. The van der Waals surface area contributed by atoms with E-state index in [9.17, 15) is 9.59 Å². The van der Waals surface area contributed by atoms with Crippen LogP contribution in [0.25, 0.3) is 0 Å². The predicted molar refractivity (Wildman–Crippen MR) is 66.7 cm³/mol. The van der Waals surface area contributed by atoms with Crippen molar-refractivity contribution >= 4 is 23.4 Å². The van der Waals surface area contributed by atoms with Gasteiger partial charge >= 0.3 is 0 Å². The maximum Gasteiger partial charge on any atom is 0.242 e. The first-order chi connectivity index (χ1) is 8.66. The third-order valence-corrected chi connectivity index (χ3v) is 4.02. The second-order valence-corrected chi connectivity index (χ2v) is 5.07. The third-order valence-electron chi connectivity index (χ3n) is 3.64. The van der Waals surface area contributed by atoms with Crippen molar-refractivity contribution in [1.29, 1.82) is 0 Å². The summed E-state index contributed by atoms with van der Waals surface area (Å²) < 4.78 is 0. The molecule has 5 nitrogen and oxygen atoms in total. The number of fused-ring (bicyclic) bond motifs is 2. The van der Waals surface area contributed by atoms with Crippen LogP contribution in [-0.2, 0) is 9.59 Å². The van der Waals surface area contributed by atoms with Gasteiger partial charge in [0.2, 0.25) is 11.8 Å². The van der Waals surface area contributed by atoms with Gasteiger partial charge in [0.15, 0.2) is 0 Å². The molecule has 2 N–H and O–H groups in total. The van der Waals surface area contributed by atoms with E-state index in [-0.39, 0.29) is 24.4 Å². The number of carbonyl (C=O) groups is 2. The molecule has 1 fully saturated rings. The summed E-state index contributed by atoms with van der Waals surface area (Å²) >= 11 is 6.19. The van der Waals surface area contributed by atoms with Crippen LogP contribution < -0.4 is 10.6 Å². The number of rotatable bonds is 0. The molecule has 2 amide bonds. The SMILES string of the molecule is O=C1CC2C3=C(CCN2C(=O)CN1)C(Cl)=CCN3. The number of halogens is 1. The molecule has 3 heterocycles. The van der Waals surface area contributed by atoms with Gasteiger partial charge in [0, 0.05) is 23.8 Å². The summed E-state index contributed by atoms with van der Waals surface area (Å²) in [5.74, 6) is -0.109. The molecular weight excluding hydrogens is 254 g/mol. The van der Waals surface area contributed by atoms with E-state index in [1.165, 1.54) is 0 Å². The van der Waals surface area contributed by atoms with Crippen molar-refractivity contribution in [2.45, 2.75) is 18.9 Å². The van der Waals surface area contributed by atoms with E-state index in [1.54, 1.807) is 4.90 Å². The van der Waals surface area contributed by atoms with E-state index in [2.05, 4.69) is 10.6 Å². The lowest BCUT2D eigenvalue weighted by atomic mass is 9.93. The van der Waals surface area contributed by atoms with Gasteiger partial charge in [-0.05, 0) is 18.1 Å². The average Bonchev–Trinajstić information content (AvgIpc) is 2.50. The molecule has 1 unspecified atom stereocenters. The highest BCUT2D eigenvalue weighted by Gasteiger charge is 2.37. The van der Waals surface area contributed by atoms with E-state index < -0.39 is 0 Å². The lowest BCUT2D eigenvalue weighted by Gasteiger charge is -2.38. The molecule has 0 radical (unpaired) electrons. The number of amides is 2. The summed E-state index contributed by atoms with van der Waals surface area (Å²) in [5, 5.41) is 6.64. The number of hydrogen-bond acceptors (Lipinski definition) is 3. The minimum absolute atomic E-state index is 0.0233. The smallest absolute Gasteiger partial charge is 0.242 e. The Bertz CT molecular complexity index is 484. The van der Waals surface area contributed by atoms with Crippen LogP contribution in [-0.4, -0.2) is 42.4 Å². The summed E-state index contributed by atoms with van der Waals surface area (Å²) in [6.07, 6.45) is 2.98. The maximum atomic E-state index is 12.0. The van der Waals surface area contributed by atoms with Crippen molar-refractivity contribution in [3.05, 3.63) is 22.4 Å². The Morgan fingerprint density at radius 3 is 3.00 bits per heavy atom. The topological polar surface area (TPSA) is 61.4 Å². The molecule has 6 heteroatoms. The Balaban J connectivity index is 2.00. The molecule has 1 saturated heterocycles. The van der Waals surface area contributed by atoms with Gasteiger partial charge in [-0.1, -0.05) is 11.6 Å². The van der Waals surface area contributed by atoms with Crippen molar-refractivity contribution in [3.63, 3.8) is 0 Å². The fourth-order valence-electron chi connectivity index (χ4n) is 2.76. The number of hydrogen-bond donors (Lipinski definition) is 2. The first-order valence-electron chi connectivity index (χ1n) is 6.06. The molecule has 0 aliphatic carbocycles. The van der Waals surface area contributed by atoms with Crippen LogP contribution in [0.15, 0.2) is 22.4 Å². The first-order valence-corrected chi connectivity index (χ1v) is 6.43. The Morgan fingerprint density at radius 2 is 2.17 bits per heavy atom. The van der Waals surface area contributed by atoms with E-state index in [4.69, 9.17) is 11.6 Å². The second-order valence-electron chi connectivity index (χ2n) is 4.66. The van der Waals surface area contributed by atoms with Gasteiger partial charge in [-0.15, -0.1) is 0 Å². The van der Waals surface area contributed by atoms with Crippen LogP contribution in [0.5, 0.6) is 0 Å². The lowest BCUT2D eigenvalue weighted by molar-refractivity contribution is -0.131. The fourth-order valence-corrected chi connectivity index (χ4v) is 3.03. The third kappa shape index (κ3) is 1.79. The molecular formula is C12H14ClN3O2. The standard InChI is InChI=1S/C12H14ClN3O2/c13-8-1-3-14-12-7(8)2-4-16-9(12)5-10(17)15-6-11(16)18/h1,9,14H,2-6H2,(H,15,17). The zero-order chi connectivity index (χ0) is 12.7. The molecule has 0 aromatic rings. The largest absolute Gasteiger partial charge is 0.383 e. The van der Waals surface area contributed by atoms with Crippen LogP contribution in [0.4, 0.5) is 0 Å². The lowest BCUT2D eigenvalue weighted by Crippen LogP contribution is -2.49. The van der Waals surface area contributed by atoms with E-state index in [0.29, 0.717) is 19.5 Å². The molecule has 0 bridgehead atoms. The Labute approximate surface area is 110 Å². The molecule has 0 aromatic heterocycles. The fraction of sp³-hybridized carbons (Fsp3) is 0.500. The first kappa shape index (κ1) is 11.6. The van der Waals surface area contributed by atoms with E-state index in [1.807, 2.05) is 6.08 Å². The van der Waals surface area contributed by atoms with Crippen molar-refractivity contribution in [2.24, 2.45) is 0 Å². The van der Waals surface area contributed by atoms with Crippen LogP contribution >= 0.6 is 11.6 Å². The maximum absolute atomic E-state index is 12.0. The number of allylic oxidation sites excluding steroid dienone is 1. The minimum atomic E-state index is -0.189. The Kier molecular flexibility index (Phi) is 2.78. The molecule has 1 atom stereocenters. The summed E-state index contributed by atoms with van der Waals surface area (Å²) in [5.41, 5.74) is 1.99. The normalized spacial score (nSPS) is 27.7. The number of carbonyl (C=O) groups excluding carboxylic acids is 2. The zero-order valence-electron chi connectivity index (χ0n) is 9.83. The Hall–Kier alpha value is -1.49. The van der Waals surface area contributed by atoms with Gasteiger partial charge in [0.1, 0.15) is 0 Å². The molecule has 0 aromatic carbocycles. The van der Waals surface area contributed by atoms with Crippen molar-refractivity contribution in [3.8, 4) is 0 Å². The van der Waals surface area contributed by atoms with Gasteiger partial charge in [-0.3, -0.25) is 9.59 Å². The monoisotopic (exact) mass is 267 g/mol. The molecule has 0 saturated carbocycles. The van der Waals surface area contributed by atoms with E-state index in [0.717, 1.165) is 22.7 Å². The second kappa shape index (κ2) is 4.31. The molecule has 3 aliphatic rings. The highest BCUT2D eigenvalue weighted by molar-refractivity contribution is 6.32. The number of nitrogens with zero attached hydrogens (tertiary/aromatic N) is 1. The summed E-state index contributed by atoms with van der Waals surface area (Å²) in [4.78, 5) is 25.4. The summed E-state index contributed by atoms with van der Waals surface area (Å²) in [7, 11) is 0. The van der Waals surface area contributed by atoms with Crippen LogP contribution in [0.1, 0.15) is 12.8 Å². The van der Waals surface area contributed by atoms with Crippen molar-refractivity contribution in [2.75, 3.05) is 19.6 Å². The summed E-state index contributed by atoms with van der Waals surface area (Å²) in [6, 6.07) is -0.189. The van der Waals surface area contributed by atoms with Gasteiger partial charge in [0.25, 0.3) is 0 Å². The zero-order valence-corrected chi connectivity index (χ0v) is 10.6. The van der Waals surface area contributed by atoms with E-state index >= 15 is 0 Å².